The molecule has 0 amide bonds. The van der Waals surface area contributed by atoms with Crippen molar-refractivity contribution in [2.75, 3.05) is 0 Å². The average Bonchev–Trinajstić information content (AvgIpc) is 2.79. The first kappa shape index (κ1) is 23.8. The summed E-state index contributed by atoms with van der Waals surface area (Å²) in [5.74, 6) is 2.25. The number of aryl methyl sites for hydroxylation is 1. The molecule has 1 aliphatic carbocycles. The Balaban J connectivity index is 1.55. The van der Waals surface area contributed by atoms with Gasteiger partial charge in [0, 0.05) is 0 Å². The molecule has 1 atom stereocenters. The summed E-state index contributed by atoms with van der Waals surface area (Å²) in [4.78, 5) is 0. The molecule has 0 N–H and O–H groups in total. The Hall–Kier alpha value is -1.82. The van der Waals surface area contributed by atoms with Crippen LogP contribution in [0, 0.1) is 24.7 Å². The van der Waals surface area contributed by atoms with Gasteiger partial charge in [0.25, 0.3) is 0 Å². The predicted molar refractivity (Wildman–Crippen MR) is 137 cm³/mol. The Morgan fingerprint density at radius 3 is 2.23 bits per heavy atom. The van der Waals surface area contributed by atoms with Gasteiger partial charge < -0.3 is 0 Å². The van der Waals surface area contributed by atoms with Crippen LogP contribution in [-0.4, -0.2) is 0 Å². The lowest BCUT2D eigenvalue weighted by Gasteiger charge is -2.44. The summed E-state index contributed by atoms with van der Waals surface area (Å²) in [6, 6.07) is 20.1. The Morgan fingerprint density at radius 2 is 1.61 bits per heavy atom. The summed E-state index contributed by atoms with van der Waals surface area (Å²) in [7, 11) is 0. The van der Waals surface area contributed by atoms with Crippen LogP contribution in [0.1, 0.15) is 95.2 Å². The highest BCUT2D eigenvalue weighted by Crippen LogP contribution is 2.47. The van der Waals surface area contributed by atoms with Crippen molar-refractivity contribution < 1.29 is 0 Å². The van der Waals surface area contributed by atoms with Crippen molar-refractivity contribution in [1.82, 2.24) is 0 Å². The minimum atomic E-state index is 0.391. The first-order valence-corrected chi connectivity index (χ1v) is 12.8. The lowest BCUT2D eigenvalue weighted by molar-refractivity contribution is 0.167. The molecular formula is C31H44. The average molecular weight is 417 g/mol. The molecule has 1 saturated carbocycles. The van der Waals surface area contributed by atoms with Gasteiger partial charge in [-0.1, -0.05) is 101 Å². The summed E-state index contributed by atoms with van der Waals surface area (Å²) in [6.07, 6.45) is 12.0. The molecule has 0 radical (unpaired) electrons. The van der Waals surface area contributed by atoms with E-state index >= 15 is 0 Å². The van der Waals surface area contributed by atoms with E-state index in [-0.39, 0.29) is 0 Å². The maximum Gasteiger partial charge on any atom is -0.00238 e. The Morgan fingerprint density at radius 1 is 0.968 bits per heavy atom. The van der Waals surface area contributed by atoms with Crippen molar-refractivity contribution in [2.45, 2.75) is 90.9 Å². The maximum absolute atomic E-state index is 4.54. The number of benzene rings is 2. The van der Waals surface area contributed by atoms with Gasteiger partial charge in [-0.3, -0.25) is 0 Å². The third-order valence-electron chi connectivity index (χ3n) is 8.24. The van der Waals surface area contributed by atoms with Gasteiger partial charge >= 0.3 is 0 Å². The standard InChI is InChI=1S/C31H44/c1-6-13-28(26(5)30-19-11-10-14-25(30)4)16-12-15-27-20-22-31(23-21-27,24(2)3)29-17-8-7-9-18-29/h7-11,14,17-19,24,27-28H,5-6,12-13,15-16,20-23H2,1-4H3. The van der Waals surface area contributed by atoms with Crippen molar-refractivity contribution in [3.8, 4) is 0 Å². The van der Waals surface area contributed by atoms with Crippen LogP contribution in [0.15, 0.2) is 61.2 Å². The molecule has 0 spiro atoms. The summed E-state index contributed by atoms with van der Waals surface area (Å²) < 4.78 is 0. The van der Waals surface area contributed by atoms with E-state index in [1.165, 1.54) is 74.5 Å². The molecule has 0 saturated heterocycles. The molecule has 0 aromatic heterocycles. The lowest BCUT2D eigenvalue weighted by atomic mass is 9.60. The summed E-state index contributed by atoms with van der Waals surface area (Å²) in [5, 5.41) is 0. The molecule has 168 valence electrons. The van der Waals surface area contributed by atoms with Gasteiger partial charge in [-0.15, -0.1) is 0 Å². The molecule has 3 rings (SSSR count). The van der Waals surface area contributed by atoms with Crippen LogP contribution in [0.2, 0.25) is 0 Å². The number of hydrogen-bond acceptors (Lipinski definition) is 0. The van der Waals surface area contributed by atoms with Crippen molar-refractivity contribution in [1.29, 1.82) is 0 Å². The minimum Gasteiger partial charge on any atom is -0.0949 e. The fourth-order valence-corrected chi connectivity index (χ4v) is 6.10. The fourth-order valence-electron chi connectivity index (χ4n) is 6.10. The SMILES string of the molecule is C=C(c1ccccc1C)C(CCC)CCCC1CCC(c2ccccc2)(C(C)C)CC1. The number of allylic oxidation sites excluding steroid dienone is 1. The summed E-state index contributed by atoms with van der Waals surface area (Å²) in [6.45, 7) is 13.9. The summed E-state index contributed by atoms with van der Waals surface area (Å²) >= 11 is 0. The topological polar surface area (TPSA) is 0 Å². The third kappa shape index (κ3) is 5.71. The second-order valence-electron chi connectivity index (χ2n) is 10.4. The van der Waals surface area contributed by atoms with Gasteiger partial charge in [-0.25, -0.2) is 0 Å². The van der Waals surface area contributed by atoms with Crippen molar-refractivity contribution in [3.05, 3.63) is 77.9 Å². The number of hydrogen-bond donors (Lipinski definition) is 0. The second kappa shape index (κ2) is 11.2. The molecule has 0 heteroatoms. The van der Waals surface area contributed by atoms with E-state index in [0.717, 1.165) is 5.92 Å². The van der Waals surface area contributed by atoms with Crippen molar-refractivity contribution in [3.63, 3.8) is 0 Å². The fraction of sp³-hybridized carbons (Fsp3) is 0.548. The molecule has 1 fully saturated rings. The molecule has 0 aliphatic heterocycles. The highest BCUT2D eigenvalue weighted by molar-refractivity contribution is 5.67. The van der Waals surface area contributed by atoms with Crippen LogP contribution >= 0.6 is 0 Å². The van der Waals surface area contributed by atoms with Crippen LogP contribution in [-0.2, 0) is 5.41 Å². The van der Waals surface area contributed by atoms with E-state index in [4.69, 9.17) is 0 Å². The van der Waals surface area contributed by atoms with Gasteiger partial charge in [-0.2, -0.15) is 0 Å². The molecule has 0 heterocycles. The van der Waals surface area contributed by atoms with E-state index < -0.39 is 0 Å². The second-order valence-corrected chi connectivity index (χ2v) is 10.4. The zero-order valence-electron chi connectivity index (χ0n) is 20.5. The molecular weight excluding hydrogens is 372 g/mol. The molecule has 0 nitrogen and oxygen atoms in total. The quantitative estimate of drug-likeness (QED) is 0.362. The van der Waals surface area contributed by atoms with E-state index in [2.05, 4.69) is 88.9 Å². The van der Waals surface area contributed by atoms with E-state index in [1.54, 1.807) is 5.56 Å². The van der Waals surface area contributed by atoms with Crippen LogP contribution in [0.4, 0.5) is 0 Å². The van der Waals surface area contributed by atoms with Crippen LogP contribution < -0.4 is 0 Å². The molecule has 0 bridgehead atoms. The van der Waals surface area contributed by atoms with E-state index in [1.807, 2.05) is 0 Å². The molecule has 2 aromatic carbocycles. The lowest BCUT2D eigenvalue weighted by Crippen LogP contribution is -2.36. The normalized spacial score (nSPS) is 22.4. The Kier molecular flexibility index (Phi) is 8.58. The highest BCUT2D eigenvalue weighted by atomic mass is 14.4. The Labute approximate surface area is 192 Å². The predicted octanol–water partition coefficient (Wildman–Crippen LogP) is 9.38. The molecule has 31 heavy (non-hydrogen) atoms. The number of rotatable bonds is 10. The largest absolute Gasteiger partial charge is 0.0949 e. The van der Waals surface area contributed by atoms with Crippen molar-refractivity contribution in [2.24, 2.45) is 17.8 Å². The third-order valence-corrected chi connectivity index (χ3v) is 8.24. The van der Waals surface area contributed by atoms with E-state index in [9.17, 15) is 0 Å². The van der Waals surface area contributed by atoms with Gasteiger partial charge in [0.05, 0.1) is 0 Å². The molecule has 1 aliphatic rings. The summed E-state index contributed by atoms with van der Waals surface area (Å²) in [5.41, 5.74) is 6.07. The van der Waals surface area contributed by atoms with E-state index in [0.29, 0.717) is 17.3 Å². The first-order chi connectivity index (χ1) is 15.0. The zero-order valence-corrected chi connectivity index (χ0v) is 20.5. The van der Waals surface area contributed by atoms with Crippen LogP contribution in [0.25, 0.3) is 5.57 Å². The van der Waals surface area contributed by atoms with Crippen molar-refractivity contribution >= 4 is 5.57 Å². The monoisotopic (exact) mass is 416 g/mol. The molecule has 2 aromatic rings. The van der Waals surface area contributed by atoms with Gasteiger partial charge in [0.15, 0.2) is 0 Å². The van der Waals surface area contributed by atoms with Crippen LogP contribution in [0.3, 0.4) is 0 Å². The van der Waals surface area contributed by atoms with Crippen LogP contribution in [0.5, 0.6) is 0 Å². The van der Waals surface area contributed by atoms with Gasteiger partial charge in [-0.05, 0) is 90.9 Å². The Bertz CT molecular complexity index is 805. The molecule has 1 unspecified atom stereocenters. The maximum atomic E-state index is 4.54. The van der Waals surface area contributed by atoms with Gasteiger partial charge in [0.2, 0.25) is 0 Å². The smallest absolute Gasteiger partial charge is 0.00238 e. The zero-order chi connectivity index (χ0) is 22.3. The highest BCUT2D eigenvalue weighted by Gasteiger charge is 2.39. The first-order valence-electron chi connectivity index (χ1n) is 12.8. The minimum absolute atomic E-state index is 0.391. The van der Waals surface area contributed by atoms with Gasteiger partial charge in [0.1, 0.15) is 0 Å².